The van der Waals surface area contributed by atoms with Crippen molar-refractivity contribution in [1.82, 2.24) is 15.2 Å². The molecule has 0 radical (unpaired) electrons. The zero-order chi connectivity index (χ0) is 18.2. The molecule has 0 atom stereocenters. The van der Waals surface area contributed by atoms with E-state index in [4.69, 9.17) is 4.74 Å². The maximum Gasteiger partial charge on any atom is 0.259 e. The summed E-state index contributed by atoms with van der Waals surface area (Å²) in [7, 11) is 0. The molecule has 0 fully saturated rings. The first-order valence-corrected chi connectivity index (χ1v) is 9.05. The molecular weight excluding hydrogens is 350 g/mol. The van der Waals surface area contributed by atoms with Crippen molar-refractivity contribution in [3.05, 3.63) is 59.2 Å². The van der Waals surface area contributed by atoms with E-state index in [1.165, 1.54) is 23.1 Å². The number of carbonyl (C=O) groups is 1. The number of carbonyl (C=O) groups excluding carboxylic acids is 1. The molecule has 2 heterocycles. The third-order valence-corrected chi connectivity index (χ3v) is 4.13. The summed E-state index contributed by atoms with van der Waals surface area (Å²) in [5.41, 5.74) is 3.24. The number of aryl methyl sites for hydroxylation is 1. The number of rotatable bonds is 8. The van der Waals surface area contributed by atoms with Crippen LogP contribution in [0.1, 0.15) is 22.3 Å². The number of ether oxygens (including phenoxy) is 1. The largest absolute Gasteiger partial charge is 0.494 e. The van der Waals surface area contributed by atoms with E-state index in [0.29, 0.717) is 23.1 Å². The molecule has 0 aliphatic carbocycles. The van der Waals surface area contributed by atoms with Gasteiger partial charge in [-0.25, -0.2) is 4.98 Å². The maximum atomic E-state index is 12.0. The highest BCUT2D eigenvalue weighted by Crippen LogP contribution is 2.13. The highest BCUT2D eigenvalue weighted by molar-refractivity contribution is 7.13. The second-order valence-corrected chi connectivity index (χ2v) is 6.41. The minimum atomic E-state index is -0.257. The molecule has 26 heavy (non-hydrogen) atoms. The molecule has 2 N–H and O–H groups in total. The monoisotopic (exact) mass is 369 g/mol. The van der Waals surface area contributed by atoms with Crippen molar-refractivity contribution in [1.29, 1.82) is 0 Å². The molecule has 1 aromatic carbocycles. The molecule has 1 amide bonds. The number of nitrogens with one attached hydrogen (secondary N) is 2. The van der Waals surface area contributed by atoms with E-state index < -0.39 is 0 Å². The van der Waals surface area contributed by atoms with Gasteiger partial charge in [0.05, 0.1) is 12.2 Å². The zero-order valence-corrected chi connectivity index (χ0v) is 15.1. The van der Waals surface area contributed by atoms with Gasteiger partial charge in [0.25, 0.3) is 5.91 Å². The molecule has 134 valence electrons. The van der Waals surface area contributed by atoms with Gasteiger partial charge < -0.3 is 10.1 Å². The summed E-state index contributed by atoms with van der Waals surface area (Å²) in [6, 6.07) is 11.5. The first kappa shape index (κ1) is 17.8. The van der Waals surface area contributed by atoms with Gasteiger partial charge in [0.1, 0.15) is 17.1 Å². The molecule has 0 aliphatic heterocycles. The quantitative estimate of drug-likeness (QED) is 0.592. The fourth-order valence-electron chi connectivity index (χ4n) is 2.14. The van der Waals surface area contributed by atoms with Crippen LogP contribution < -0.4 is 15.4 Å². The lowest BCUT2D eigenvalue weighted by molar-refractivity contribution is 0.102. The van der Waals surface area contributed by atoms with Crippen LogP contribution in [0.2, 0.25) is 0 Å². The van der Waals surface area contributed by atoms with E-state index >= 15 is 0 Å². The fourth-order valence-corrected chi connectivity index (χ4v) is 2.58. The van der Waals surface area contributed by atoms with Crippen LogP contribution >= 0.6 is 11.3 Å². The normalized spacial score (nSPS) is 10.3. The minimum absolute atomic E-state index is 0.257. The molecule has 3 rings (SSSR count). The van der Waals surface area contributed by atoms with Crippen LogP contribution in [-0.2, 0) is 0 Å². The molecule has 8 heteroatoms. The number of benzene rings is 1. The molecular formula is C18H19N5O2S. The molecule has 3 aromatic rings. The van der Waals surface area contributed by atoms with Gasteiger partial charge in [0.2, 0.25) is 5.13 Å². The molecule has 0 aliphatic rings. The number of hydrogen-bond acceptors (Lipinski definition) is 7. The summed E-state index contributed by atoms with van der Waals surface area (Å²) in [5, 5.41) is 13.8. The van der Waals surface area contributed by atoms with E-state index in [1.54, 1.807) is 17.6 Å². The van der Waals surface area contributed by atoms with Gasteiger partial charge in [-0.1, -0.05) is 29.0 Å². The SMILES string of the molecule is Cc1ccc(OCCCNc2ccc(C(=O)Nc3nncs3)cn2)cc1. The van der Waals surface area contributed by atoms with Crippen molar-refractivity contribution in [2.75, 3.05) is 23.8 Å². The third kappa shape index (κ3) is 5.25. The molecule has 0 spiro atoms. The summed E-state index contributed by atoms with van der Waals surface area (Å²) < 4.78 is 5.68. The van der Waals surface area contributed by atoms with Crippen LogP contribution in [-0.4, -0.2) is 34.2 Å². The Kier molecular flexibility index (Phi) is 6.10. The lowest BCUT2D eigenvalue weighted by Gasteiger charge is -2.08. The van der Waals surface area contributed by atoms with Gasteiger partial charge in [-0.05, 0) is 37.6 Å². The van der Waals surface area contributed by atoms with E-state index in [-0.39, 0.29) is 5.91 Å². The Bertz CT molecular complexity index is 820. The average Bonchev–Trinajstić information content (AvgIpc) is 3.16. The second kappa shape index (κ2) is 8.91. The molecule has 2 aromatic heterocycles. The van der Waals surface area contributed by atoms with E-state index in [2.05, 4.69) is 25.8 Å². The van der Waals surface area contributed by atoms with Crippen molar-refractivity contribution in [3.8, 4) is 5.75 Å². The Balaban J connectivity index is 1.38. The first-order chi connectivity index (χ1) is 12.7. The standard InChI is InChI=1S/C18H19N5O2S/c1-13-3-6-15(7-4-13)25-10-2-9-19-16-8-5-14(11-20-16)17(24)22-18-23-21-12-26-18/h3-8,11-12H,2,9-10H2,1H3,(H,19,20)(H,22,23,24). The third-order valence-electron chi connectivity index (χ3n) is 3.52. The van der Waals surface area contributed by atoms with Crippen molar-refractivity contribution >= 4 is 28.2 Å². The van der Waals surface area contributed by atoms with Crippen LogP contribution in [0.15, 0.2) is 48.1 Å². The second-order valence-electron chi connectivity index (χ2n) is 5.57. The lowest BCUT2D eigenvalue weighted by atomic mass is 10.2. The Morgan fingerprint density at radius 3 is 2.73 bits per heavy atom. The van der Waals surface area contributed by atoms with Gasteiger partial charge >= 0.3 is 0 Å². The minimum Gasteiger partial charge on any atom is -0.494 e. The molecule has 7 nitrogen and oxygen atoms in total. The number of anilines is 2. The Hall–Kier alpha value is -3.00. The Morgan fingerprint density at radius 1 is 1.19 bits per heavy atom. The number of hydrogen-bond donors (Lipinski definition) is 2. The number of nitrogens with zero attached hydrogens (tertiary/aromatic N) is 3. The smallest absolute Gasteiger partial charge is 0.259 e. The van der Waals surface area contributed by atoms with Crippen LogP contribution in [0.3, 0.4) is 0 Å². The molecule has 0 bridgehead atoms. The lowest BCUT2D eigenvalue weighted by Crippen LogP contribution is -2.13. The Morgan fingerprint density at radius 2 is 2.04 bits per heavy atom. The zero-order valence-electron chi connectivity index (χ0n) is 14.3. The summed E-state index contributed by atoms with van der Waals surface area (Å²) in [5.74, 6) is 1.33. The highest BCUT2D eigenvalue weighted by atomic mass is 32.1. The number of amides is 1. The van der Waals surface area contributed by atoms with Crippen molar-refractivity contribution in [2.45, 2.75) is 13.3 Å². The van der Waals surface area contributed by atoms with Crippen LogP contribution in [0.4, 0.5) is 10.9 Å². The van der Waals surface area contributed by atoms with Crippen LogP contribution in [0.5, 0.6) is 5.75 Å². The van der Waals surface area contributed by atoms with E-state index in [1.807, 2.05) is 31.2 Å². The van der Waals surface area contributed by atoms with E-state index in [0.717, 1.165) is 18.7 Å². The first-order valence-electron chi connectivity index (χ1n) is 8.17. The summed E-state index contributed by atoms with van der Waals surface area (Å²) in [6.07, 6.45) is 2.37. The summed E-state index contributed by atoms with van der Waals surface area (Å²) >= 11 is 1.26. The van der Waals surface area contributed by atoms with Gasteiger partial charge in [0, 0.05) is 12.7 Å². The predicted molar refractivity (Wildman–Crippen MR) is 102 cm³/mol. The van der Waals surface area contributed by atoms with Gasteiger partial charge in [-0.2, -0.15) is 0 Å². The van der Waals surface area contributed by atoms with Crippen LogP contribution in [0.25, 0.3) is 0 Å². The number of aromatic nitrogens is 3. The van der Waals surface area contributed by atoms with Gasteiger partial charge in [-0.15, -0.1) is 10.2 Å². The summed E-state index contributed by atoms with van der Waals surface area (Å²) in [6.45, 7) is 3.40. The maximum absolute atomic E-state index is 12.0. The van der Waals surface area contributed by atoms with Gasteiger partial charge in [0.15, 0.2) is 0 Å². The predicted octanol–water partition coefficient (Wildman–Crippen LogP) is 3.37. The van der Waals surface area contributed by atoms with Gasteiger partial charge in [-0.3, -0.25) is 10.1 Å². The van der Waals surface area contributed by atoms with Crippen molar-refractivity contribution < 1.29 is 9.53 Å². The van der Waals surface area contributed by atoms with E-state index in [9.17, 15) is 4.79 Å². The topological polar surface area (TPSA) is 89.0 Å². The Labute approximate surface area is 155 Å². The summed E-state index contributed by atoms with van der Waals surface area (Å²) in [4.78, 5) is 16.3. The fraction of sp³-hybridized carbons (Fsp3) is 0.222. The van der Waals surface area contributed by atoms with Crippen LogP contribution in [0, 0.1) is 6.92 Å². The average molecular weight is 369 g/mol. The molecule has 0 saturated heterocycles. The number of pyridine rings is 1. The highest BCUT2D eigenvalue weighted by Gasteiger charge is 2.08. The van der Waals surface area contributed by atoms with Crippen molar-refractivity contribution in [2.24, 2.45) is 0 Å². The molecule has 0 unspecified atom stereocenters. The molecule has 0 saturated carbocycles. The van der Waals surface area contributed by atoms with Crippen molar-refractivity contribution in [3.63, 3.8) is 0 Å².